The maximum Gasteiger partial charge on any atom is 0.345 e. The predicted octanol–water partition coefficient (Wildman–Crippen LogP) is 4.27. The lowest BCUT2D eigenvalue weighted by Crippen LogP contribution is -2.18. The highest BCUT2D eigenvalue weighted by atomic mass is 16.7. The number of methoxy groups -OCH3 is 2. The molecule has 2 aromatic rings. The summed E-state index contributed by atoms with van der Waals surface area (Å²) in [5.74, 6) is -0.441. The van der Waals surface area contributed by atoms with E-state index < -0.39 is 17.5 Å². The molecule has 0 unspecified atom stereocenters. The fourth-order valence-electron chi connectivity index (χ4n) is 2.80. The van der Waals surface area contributed by atoms with Crippen LogP contribution in [0.1, 0.15) is 24.5 Å². The number of ether oxygens (including phenoxy) is 4. The van der Waals surface area contributed by atoms with Gasteiger partial charge in [-0.15, -0.1) is 0 Å². The van der Waals surface area contributed by atoms with Crippen LogP contribution >= 0.6 is 0 Å². The topological polar surface area (TPSA) is 91.3 Å². The van der Waals surface area contributed by atoms with Crippen molar-refractivity contribution < 1.29 is 33.6 Å². The minimum absolute atomic E-state index is 0.0455. The van der Waals surface area contributed by atoms with E-state index in [1.165, 1.54) is 13.2 Å². The number of aliphatic hydroxyl groups is 1. The monoisotopic (exact) mass is 440 g/mol. The molecule has 0 atom stereocenters. The van der Waals surface area contributed by atoms with Gasteiger partial charge in [0.25, 0.3) is 0 Å². The number of hydrogen-bond donors (Lipinski definition) is 1. The molecule has 1 N–H and O–H groups in total. The van der Waals surface area contributed by atoms with Crippen LogP contribution in [0.3, 0.4) is 0 Å². The van der Waals surface area contributed by atoms with Crippen molar-refractivity contribution in [3.05, 3.63) is 77.1 Å². The largest absolute Gasteiger partial charge is 0.507 e. The summed E-state index contributed by atoms with van der Waals surface area (Å²) in [5.41, 5.74) is 1.29. The van der Waals surface area contributed by atoms with Crippen LogP contribution in [-0.2, 0) is 25.5 Å². The zero-order valence-electron chi connectivity index (χ0n) is 18.5. The van der Waals surface area contributed by atoms with E-state index in [1.54, 1.807) is 56.5 Å². The summed E-state index contributed by atoms with van der Waals surface area (Å²) < 4.78 is 20.3. The molecule has 7 nitrogen and oxygen atoms in total. The zero-order valence-corrected chi connectivity index (χ0v) is 18.5. The van der Waals surface area contributed by atoms with Crippen molar-refractivity contribution in [2.75, 3.05) is 27.6 Å². The molecule has 170 valence electrons. The van der Waals surface area contributed by atoms with Crippen molar-refractivity contribution in [1.82, 2.24) is 0 Å². The number of allylic oxidation sites excluding steroid dienone is 1. The molecular weight excluding hydrogens is 412 g/mol. The molecule has 0 aliphatic heterocycles. The average Bonchev–Trinajstić information content (AvgIpc) is 2.81. The fourth-order valence-corrected chi connectivity index (χ4v) is 2.80. The quantitative estimate of drug-likeness (QED) is 0.100. The molecule has 32 heavy (non-hydrogen) atoms. The molecule has 0 aliphatic carbocycles. The molecule has 0 radical (unpaired) electrons. The molecule has 0 saturated heterocycles. The summed E-state index contributed by atoms with van der Waals surface area (Å²) in [6.07, 6.45) is 3.35. The van der Waals surface area contributed by atoms with E-state index in [0.717, 1.165) is 11.1 Å². The van der Waals surface area contributed by atoms with Gasteiger partial charge in [-0.1, -0.05) is 30.3 Å². The molecular formula is C25H28O7. The van der Waals surface area contributed by atoms with E-state index in [0.29, 0.717) is 17.9 Å². The fraction of sp³-hybridized carbons (Fsp3) is 0.280. The normalized spacial score (nSPS) is 11.7. The highest BCUT2D eigenvalue weighted by Crippen LogP contribution is 2.17. The summed E-state index contributed by atoms with van der Waals surface area (Å²) in [6.45, 7) is 1.87. The minimum Gasteiger partial charge on any atom is -0.507 e. The maximum atomic E-state index is 12.7. The van der Waals surface area contributed by atoms with Gasteiger partial charge in [0.2, 0.25) is 0 Å². The van der Waals surface area contributed by atoms with E-state index in [1.807, 2.05) is 12.1 Å². The molecule has 2 aromatic carbocycles. The van der Waals surface area contributed by atoms with Crippen LogP contribution < -0.4 is 9.47 Å². The van der Waals surface area contributed by atoms with E-state index in [9.17, 15) is 14.7 Å². The lowest BCUT2D eigenvalue weighted by Gasteiger charge is -2.08. The summed E-state index contributed by atoms with van der Waals surface area (Å²) in [5, 5.41) is 10.5. The Balaban J connectivity index is 2.14. The molecule has 0 spiro atoms. The molecule has 0 heterocycles. The van der Waals surface area contributed by atoms with Gasteiger partial charge in [-0.2, -0.15) is 0 Å². The van der Waals surface area contributed by atoms with Crippen molar-refractivity contribution >= 4 is 17.8 Å². The molecule has 0 amide bonds. The Morgan fingerprint density at radius 3 is 2.22 bits per heavy atom. The predicted molar refractivity (Wildman–Crippen MR) is 121 cm³/mol. The number of carbonyl (C=O) groups excluding carboxylic acids is 2. The lowest BCUT2D eigenvalue weighted by atomic mass is 10.0. The highest BCUT2D eigenvalue weighted by molar-refractivity contribution is 6.18. The van der Waals surface area contributed by atoms with Crippen LogP contribution in [0.5, 0.6) is 11.5 Å². The van der Waals surface area contributed by atoms with Gasteiger partial charge in [-0.3, -0.25) is 4.79 Å². The Labute approximate surface area is 187 Å². The minimum atomic E-state index is -0.849. The van der Waals surface area contributed by atoms with Crippen molar-refractivity contribution in [1.29, 1.82) is 0 Å². The Morgan fingerprint density at radius 1 is 0.969 bits per heavy atom. The molecule has 0 saturated carbocycles. The number of hydrogen-bond acceptors (Lipinski definition) is 7. The third-order valence-electron chi connectivity index (χ3n) is 4.47. The number of ketones is 1. The second kappa shape index (κ2) is 13.0. The number of aliphatic hydroxyl groups excluding tert-OH is 1. The number of rotatable bonds is 12. The number of esters is 1. The SMILES string of the molecule is CCOC(=O)C(C(=O)CCc1ccc(OC)cc1)=C(O)C=Cc1ccc(OCOC)cc1. The van der Waals surface area contributed by atoms with Crippen LogP contribution in [0.25, 0.3) is 6.08 Å². The first-order valence-electron chi connectivity index (χ1n) is 10.1. The van der Waals surface area contributed by atoms with Crippen LogP contribution in [0.4, 0.5) is 0 Å². The summed E-state index contributed by atoms with van der Waals surface area (Å²) in [7, 11) is 3.11. The summed E-state index contributed by atoms with van der Waals surface area (Å²) in [4.78, 5) is 25.1. The molecule has 2 rings (SSSR count). The maximum absolute atomic E-state index is 12.7. The first-order chi connectivity index (χ1) is 15.5. The van der Waals surface area contributed by atoms with E-state index in [4.69, 9.17) is 18.9 Å². The number of Topliss-reactive ketones (excluding diaryl/α,β-unsaturated/α-hetero) is 1. The smallest absolute Gasteiger partial charge is 0.345 e. The van der Waals surface area contributed by atoms with E-state index in [-0.39, 0.29) is 25.4 Å². The van der Waals surface area contributed by atoms with Gasteiger partial charge in [0.15, 0.2) is 12.6 Å². The number of carbonyl (C=O) groups is 2. The van der Waals surface area contributed by atoms with Crippen molar-refractivity contribution in [2.24, 2.45) is 0 Å². The van der Waals surface area contributed by atoms with Crippen LogP contribution in [0.2, 0.25) is 0 Å². The first-order valence-corrected chi connectivity index (χ1v) is 10.1. The Bertz CT molecular complexity index is 941. The van der Waals surface area contributed by atoms with E-state index >= 15 is 0 Å². The van der Waals surface area contributed by atoms with Gasteiger partial charge < -0.3 is 24.1 Å². The second-order valence-corrected chi connectivity index (χ2v) is 6.71. The molecule has 0 fully saturated rings. The van der Waals surface area contributed by atoms with Gasteiger partial charge in [0.1, 0.15) is 22.8 Å². The molecule has 7 heteroatoms. The Kier molecular flexibility index (Phi) is 10.0. The van der Waals surface area contributed by atoms with Gasteiger partial charge in [0, 0.05) is 13.5 Å². The summed E-state index contributed by atoms with van der Waals surface area (Å²) in [6, 6.07) is 14.3. The third-order valence-corrected chi connectivity index (χ3v) is 4.47. The van der Waals surface area contributed by atoms with Gasteiger partial charge >= 0.3 is 5.97 Å². The van der Waals surface area contributed by atoms with Crippen molar-refractivity contribution in [2.45, 2.75) is 19.8 Å². The Hall–Kier alpha value is -3.58. The van der Waals surface area contributed by atoms with Gasteiger partial charge in [0.05, 0.1) is 13.7 Å². The van der Waals surface area contributed by atoms with Crippen molar-refractivity contribution in [3.8, 4) is 11.5 Å². The molecule has 0 aromatic heterocycles. The summed E-state index contributed by atoms with van der Waals surface area (Å²) >= 11 is 0. The second-order valence-electron chi connectivity index (χ2n) is 6.71. The number of benzene rings is 2. The van der Waals surface area contributed by atoms with Crippen molar-refractivity contribution in [3.63, 3.8) is 0 Å². The standard InChI is InChI=1S/C25H28O7/c1-4-31-25(28)24(22(26)15-9-18-5-11-20(30-3)12-6-18)23(27)16-10-19-7-13-21(14-8-19)32-17-29-2/h5-8,10-14,16,27H,4,9,15,17H2,1-3H3. The number of aryl methyl sites for hydroxylation is 1. The van der Waals surface area contributed by atoms with Gasteiger partial charge in [-0.25, -0.2) is 4.79 Å². The lowest BCUT2D eigenvalue weighted by molar-refractivity contribution is -0.140. The van der Waals surface area contributed by atoms with Crippen LogP contribution in [0, 0.1) is 0 Å². The highest BCUT2D eigenvalue weighted by Gasteiger charge is 2.23. The van der Waals surface area contributed by atoms with Crippen LogP contribution in [-0.4, -0.2) is 44.5 Å². The first kappa shape index (κ1) is 24.7. The zero-order chi connectivity index (χ0) is 23.3. The Morgan fingerprint density at radius 2 is 1.62 bits per heavy atom. The molecule has 0 bridgehead atoms. The average molecular weight is 440 g/mol. The van der Waals surface area contributed by atoms with Crippen LogP contribution in [0.15, 0.2) is 65.9 Å². The van der Waals surface area contributed by atoms with Gasteiger partial charge in [-0.05, 0) is 54.8 Å². The third kappa shape index (κ3) is 7.59. The molecule has 0 aliphatic rings. The van der Waals surface area contributed by atoms with E-state index in [2.05, 4.69) is 0 Å².